The van der Waals surface area contributed by atoms with Gasteiger partial charge in [-0.1, -0.05) is 13.0 Å². The van der Waals surface area contributed by atoms with Crippen molar-refractivity contribution in [2.24, 2.45) is 5.73 Å². The standard InChI is InChI=1S/C15H25NO3/c1-4-7-18-14-6-5-13(11-16)15(10-14)19-9-8-17-12(2)3/h5-6,10,12H,4,7-9,11,16H2,1-3H3. The summed E-state index contributed by atoms with van der Waals surface area (Å²) in [5.41, 5.74) is 6.68. The molecule has 0 heterocycles. The fourth-order valence-electron chi connectivity index (χ4n) is 1.58. The maximum atomic E-state index is 5.71. The maximum Gasteiger partial charge on any atom is 0.127 e. The van der Waals surface area contributed by atoms with Crippen molar-refractivity contribution in [3.63, 3.8) is 0 Å². The molecule has 0 bridgehead atoms. The van der Waals surface area contributed by atoms with Crippen LogP contribution in [0.3, 0.4) is 0 Å². The molecule has 0 saturated heterocycles. The van der Waals surface area contributed by atoms with Crippen molar-refractivity contribution >= 4 is 0 Å². The zero-order chi connectivity index (χ0) is 14.1. The summed E-state index contributed by atoms with van der Waals surface area (Å²) in [7, 11) is 0. The number of benzene rings is 1. The highest BCUT2D eigenvalue weighted by Gasteiger charge is 2.05. The Morgan fingerprint density at radius 3 is 2.53 bits per heavy atom. The third-order valence-corrected chi connectivity index (χ3v) is 2.52. The van der Waals surface area contributed by atoms with E-state index >= 15 is 0 Å². The molecule has 1 aromatic carbocycles. The van der Waals surface area contributed by atoms with Crippen LogP contribution in [0.1, 0.15) is 32.8 Å². The van der Waals surface area contributed by atoms with E-state index in [2.05, 4.69) is 6.92 Å². The highest BCUT2D eigenvalue weighted by molar-refractivity contribution is 5.40. The van der Waals surface area contributed by atoms with Gasteiger partial charge in [-0.05, 0) is 26.3 Å². The van der Waals surface area contributed by atoms with Crippen molar-refractivity contribution in [2.75, 3.05) is 19.8 Å². The van der Waals surface area contributed by atoms with Crippen LogP contribution in [0.25, 0.3) is 0 Å². The Balaban J connectivity index is 2.57. The van der Waals surface area contributed by atoms with Crippen molar-refractivity contribution in [3.05, 3.63) is 23.8 Å². The Labute approximate surface area is 115 Å². The summed E-state index contributed by atoms with van der Waals surface area (Å²) < 4.78 is 16.7. The van der Waals surface area contributed by atoms with Crippen LogP contribution in [-0.2, 0) is 11.3 Å². The van der Waals surface area contributed by atoms with Crippen LogP contribution in [0.2, 0.25) is 0 Å². The minimum absolute atomic E-state index is 0.219. The minimum atomic E-state index is 0.219. The van der Waals surface area contributed by atoms with Gasteiger partial charge in [-0.2, -0.15) is 0 Å². The fraction of sp³-hybridized carbons (Fsp3) is 0.600. The molecule has 0 saturated carbocycles. The quantitative estimate of drug-likeness (QED) is 0.699. The van der Waals surface area contributed by atoms with Crippen molar-refractivity contribution in [1.82, 2.24) is 0 Å². The summed E-state index contributed by atoms with van der Waals surface area (Å²) in [6.07, 6.45) is 1.20. The third-order valence-electron chi connectivity index (χ3n) is 2.52. The predicted octanol–water partition coefficient (Wildman–Crippen LogP) is 2.74. The number of nitrogens with two attached hydrogens (primary N) is 1. The van der Waals surface area contributed by atoms with E-state index in [0.717, 1.165) is 23.5 Å². The zero-order valence-corrected chi connectivity index (χ0v) is 12.1. The summed E-state index contributed by atoms with van der Waals surface area (Å²) in [6.45, 7) is 8.33. The molecule has 0 radical (unpaired) electrons. The molecular formula is C15H25NO3. The van der Waals surface area contributed by atoms with Crippen LogP contribution < -0.4 is 15.2 Å². The van der Waals surface area contributed by atoms with Crippen molar-refractivity contribution < 1.29 is 14.2 Å². The molecule has 0 fully saturated rings. The van der Waals surface area contributed by atoms with E-state index in [9.17, 15) is 0 Å². The predicted molar refractivity (Wildman–Crippen MR) is 76.7 cm³/mol. The Morgan fingerprint density at radius 1 is 1.11 bits per heavy atom. The molecule has 4 heteroatoms. The summed E-state index contributed by atoms with van der Waals surface area (Å²) >= 11 is 0. The number of hydrogen-bond acceptors (Lipinski definition) is 4. The minimum Gasteiger partial charge on any atom is -0.493 e. The molecule has 0 aliphatic heterocycles. The van der Waals surface area contributed by atoms with Gasteiger partial charge in [0.2, 0.25) is 0 Å². The van der Waals surface area contributed by atoms with Gasteiger partial charge in [-0.25, -0.2) is 0 Å². The Morgan fingerprint density at radius 2 is 1.89 bits per heavy atom. The van der Waals surface area contributed by atoms with E-state index in [4.69, 9.17) is 19.9 Å². The van der Waals surface area contributed by atoms with E-state index in [0.29, 0.717) is 26.4 Å². The molecule has 0 aliphatic rings. The second kappa shape index (κ2) is 8.77. The van der Waals surface area contributed by atoms with Crippen LogP contribution in [0.4, 0.5) is 0 Å². The van der Waals surface area contributed by atoms with Gasteiger partial charge < -0.3 is 19.9 Å². The van der Waals surface area contributed by atoms with Crippen molar-refractivity contribution in [1.29, 1.82) is 0 Å². The normalized spacial score (nSPS) is 10.8. The Bertz CT molecular complexity index is 366. The van der Waals surface area contributed by atoms with Gasteiger partial charge in [0.1, 0.15) is 18.1 Å². The third kappa shape index (κ3) is 5.94. The molecule has 108 valence electrons. The first-order chi connectivity index (χ1) is 9.17. The Hall–Kier alpha value is -1.26. The van der Waals surface area contributed by atoms with Gasteiger partial charge in [0, 0.05) is 18.2 Å². The second-order valence-corrected chi connectivity index (χ2v) is 4.59. The average molecular weight is 267 g/mol. The lowest BCUT2D eigenvalue weighted by atomic mass is 10.2. The first-order valence-electron chi connectivity index (χ1n) is 6.87. The molecule has 0 aliphatic carbocycles. The summed E-state index contributed by atoms with van der Waals surface area (Å²) in [5.74, 6) is 1.60. The molecule has 1 rings (SSSR count). The van der Waals surface area contributed by atoms with Crippen molar-refractivity contribution in [3.8, 4) is 11.5 Å². The molecule has 19 heavy (non-hydrogen) atoms. The smallest absolute Gasteiger partial charge is 0.127 e. The van der Waals surface area contributed by atoms with Crippen LogP contribution in [0.15, 0.2) is 18.2 Å². The van der Waals surface area contributed by atoms with Crippen LogP contribution in [0.5, 0.6) is 11.5 Å². The lowest BCUT2D eigenvalue weighted by Crippen LogP contribution is -2.12. The SMILES string of the molecule is CCCOc1ccc(CN)c(OCCOC(C)C)c1. The van der Waals surface area contributed by atoms with Crippen molar-refractivity contribution in [2.45, 2.75) is 39.8 Å². The molecule has 2 N–H and O–H groups in total. The number of ether oxygens (including phenoxy) is 3. The van der Waals surface area contributed by atoms with E-state index in [-0.39, 0.29) is 6.10 Å². The molecule has 0 atom stereocenters. The summed E-state index contributed by atoms with van der Waals surface area (Å²) in [4.78, 5) is 0. The van der Waals surface area contributed by atoms with E-state index in [1.807, 2.05) is 32.0 Å². The van der Waals surface area contributed by atoms with Gasteiger partial charge in [0.05, 0.1) is 19.3 Å². The number of hydrogen-bond donors (Lipinski definition) is 1. The summed E-state index contributed by atoms with van der Waals surface area (Å²) in [5, 5.41) is 0. The molecule has 0 amide bonds. The Kier molecular flexibility index (Phi) is 7.30. The highest BCUT2D eigenvalue weighted by Crippen LogP contribution is 2.24. The largest absolute Gasteiger partial charge is 0.493 e. The molecule has 0 unspecified atom stereocenters. The van der Waals surface area contributed by atoms with Crippen LogP contribution in [-0.4, -0.2) is 25.9 Å². The lowest BCUT2D eigenvalue weighted by molar-refractivity contribution is 0.0550. The van der Waals surface area contributed by atoms with Gasteiger partial charge in [0.15, 0.2) is 0 Å². The topological polar surface area (TPSA) is 53.7 Å². The monoisotopic (exact) mass is 267 g/mol. The van der Waals surface area contributed by atoms with Gasteiger partial charge in [-0.15, -0.1) is 0 Å². The second-order valence-electron chi connectivity index (χ2n) is 4.59. The van der Waals surface area contributed by atoms with E-state index in [1.54, 1.807) is 0 Å². The van der Waals surface area contributed by atoms with Gasteiger partial charge in [0.25, 0.3) is 0 Å². The van der Waals surface area contributed by atoms with E-state index in [1.165, 1.54) is 0 Å². The molecule has 1 aromatic rings. The first-order valence-corrected chi connectivity index (χ1v) is 6.87. The molecule has 0 aromatic heterocycles. The number of rotatable bonds is 9. The zero-order valence-electron chi connectivity index (χ0n) is 12.1. The van der Waals surface area contributed by atoms with Gasteiger partial charge >= 0.3 is 0 Å². The highest BCUT2D eigenvalue weighted by atomic mass is 16.5. The van der Waals surface area contributed by atoms with E-state index < -0.39 is 0 Å². The lowest BCUT2D eigenvalue weighted by Gasteiger charge is -2.13. The fourth-order valence-corrected chi connectivity index (χ4v) is 1.58. The molecule has 0 spiro atoms. The molecular weight excluding hydrogens is 242 g/mol. The van der Waals surface area contributed by atoms with Gasteiger partial charge in [-0.3, -0.25) is 0 Å². The van der Waals surface area contributed by atoms with Crippen LogP contribution >= 0.6 is 0 Å². The summed E-state index contributed by atoms with van der Waals surface area (Å²) in [6, 6.07) is 5.77. The maximum absolute atomic E-state index is 5.71. The molecule has 4 nitrogen and oxygen atoms in total. The van der Waals surface area contributed by atoms with Crippen LogP contribution in [0, 0.1) is 0 Å². The first kappa shape index (κ1) is 15.8. The average Bonchev–Trinajstić information content (AvgIpc) is 2.41.